The number of pyridine rings is 1. The zero-order valence-electron chi connectivity index (χ0n) is 16.4. The molecule has 0 spiro atoms. The number of halogens is 4. The number of rotatable bonds is 5. The van der Waals surface area contributed by atoms with E-state index in [1.165, 1.54) is 12.3 Å². The lowest BCUT2D eigenvalue weighted by Crippen LogP contribution is -2.53. The number of nitrogens with zero attached hydrogens (tertiary/aromatic N) is 6. The first-order valence-corrected chi connectivity index (χ1v) is 9.22. The van der Waals surface area contributed by atoms with E-state index in [2.05, 4.69) is 40.4 Å². The van der Waals surface area contributed by atoms with Crippen molar-refractivity contribution in [2.24, 2.45) is 4.99 Å². The van der Waals surface area contributed by atoms with Crippen LogP contribution in [0.3, 0.4) is 0 Å². The molecular weight excluding hydrogens is 512 g/mol. The molecule has 3 heterocycles. The van der Waals surface area contributed by atoms with Crippen molar-refractivity contribution in [1.82, 2.24) is 25.2 Å². The van der Waals surface area contributed by atoms with E-state index in [0.29, 0.717) is 18.5 Å². The molecular formula is C18H24F3IN8. The predicted octanol–water partition coefficient (Wildman–Crippen LogP) is 2.32. The van der Waals surface area contributed by atoms with Gasteiger partial charge in [0.25, 0.3) is 0 Å². The molecule has 2 aromatic rings. The van der Waals surface area contributed by atoms with Gasteiger partial charge in [-0.3, -0.25) is 4.99 Å². The van der Waals surface area contributed by atoms with E-state index in [1.54, 1.807) is 25.5 Å². The third-order valence-electron chi connectivity index (χ3n) is 4.44. The minimum absolute atomic E-state index is 0. The maximum Gasteiger partial charge on any atom is 0.419 e. The smallest absolute Gasteiger partial charge is 0.368 e. The molecule has 3 rings (SSSR count). The van der Waals surface area contributed by atoms with Gasteiger partial charge >= 0.3 is 6.18 Å². The lowest BCUT2D eigenvalue weighted by molar-refractivity contribution is -0.137. The van der Waals surface area contributed by atoms with E-state index in [-0.39, 0.29) is 36.3 Å². The molecule has 1 aliphatic rings. The van der Waals surface area contributed by atoms with Crippen molar-refractivity contribution in [1.29, 1.82) is 0 Å². The molecule has 0 aliphatic carbocycles. The van der Waals surface area contributed by atoms with Crippen LogP contribution >= 0.6 is 24.0 Å². The van der Waals surface area contributed by atoms with Crippen LogP contribution < -0.4 is 15.5 Å². The second-order valence-electron chi connectivity index (χ2n) is 6.32. The Morgan fingerprint density at radius 3 is 2.33 bits per heavy atom. The second kappa shape index (κ2) is 11.1. The van der Waals surface area contributed by atoms with Gasteiger partial charge in [0.2, 0.25) is 5.95 Å². The van der Waals surface area contributed by atoms with Gasteiger partial charge in [0.05, 0.1) is 5.56 Å². The Kier molecular flexibility index (Phi) is 8.87. The van der Waals surface area contributed by atoms with Crippen molar-refractivity contribution in [2.75, 3.05) is 56.5 Å². The number of aromatic nitrogens is 3. The second-order valence-corrected chi connectivity index (χ2v) is 6.32. The van der Waals surface area contributed by atoms with Crippen molar-refractivity contribution in [3.8, 4) is 0 Å². The fourth-order valence-corrected chi connectivity index (χ4v) is 3.04. The molecule has 0 atom stereocenters. The van der Waals surface area contributed by atoms with E-state index in [1.807, 2.05) is 0 Å². The maximum absolute atomic E-state index is 13.0. The first-order valence-electron chi connectivity index (χ1n) is 9.22. The van der Waals surface area contributed by atoms with Crippen molar-refractivity contribution in [2.45, 2.75) is 6.18 Å². The predicted molar refractivity (Wildman–Crippen MR) is 120 cm³/mol. The summed E-state index contributed by atoms with van der Waals surface area (Å²) in [5, 5.41) is 5.92. The van der Waals surface area contributed by atoms with E-state index in [4.69, 9.17) is 0 Å². The van der Waals surface area contributed by atoms with Crippen molar-refractivity contribution in [3.05, 3.63) is 42.4 Å². The van der Waals surface area contributed by atoms with E-state index in [9.17, 15) is 13.2 Å². The summed E-state index contributed by atoms with van der Waals surface area (Å²) in [6.07, 6.45) is 0.323. The SMILES string of the molecule is CN=C(NCCNc1ncccc1C(F)(F)F)N1CCN(c2ncccn2)CC1.I. The molecule has 0 saturated carbocycles. The van der Waals surface area contributed by atoms with Gasteiger partial charge in [0.15, 0.2) is 5.96 Å². The normalized spacial score (nSPS) is 14.9. The average Bonchev–Trinajstić information content (AvgIpc) is 2.74. The van der Waals surface area contributed by atoms with E-state index >= 15 is 0 Å². The Morgan fingerprint density at radius 2 is 1.70 bits per heavy atom. The zero-order valence-corrected chi connectivity index (χ0v) is 18.8. The van der Waals surface area contributed by atoms with Crippen molar-refractivity contribution in [3.63, 3.8) is 0 Å². The Labute approximate surface area is 190 Å². The molecule has 2 N–H and O–H groups in total. The van der Waals surface area contributed by atoms with Crippen LogP contribution in [0.1, 0.15) is 5.56 Å². The van der Waals surface area contributed by atoms with E-state index < -0.39 is 11.7 Å². The number of hydrogen-bond acceptors (Lipinski definition) is 6. The molecule has 8 nitrogen and oxygen atoms in total. The molecule has 1 aliphatic heterocycles. The molecule has 0 radical (unpaired) electrons. The number of anilines is 2. The van der Waals surface area contributed by atoms with Gasteiger partial charge in [-0.1, -0.05) is 0 Å². The summed E-state index contributed by atoms with van der Waals surface area (Å²) >= 11 is 0. The van der Waals surface area contributed by atoms with Gasteiger partial charge in [0.1, 0.15) is 5.82 Å². The summed E-state index contributed by atoms with van der Waals surface area (Å²) < 4.78 is 39.0. The molecule has 0 unspecified atom stereocenters. The topological polar surface area (TPSA) is 81.6 Å². The fourth-order valence-electron chi connectivity index (χ4n) is 3.04. The van der Waals surface area contributed by atoms with Gasteiger partial charge in [0, 0.05) is 64.9 Å². The Bertz CT molecular complexity index is 811. The quantitative estimate of drug-likeness (QED) is 0.263. The summed E-state index contributed by atoms with van der Waals surface area (Å²) in [4.78, 5) is 20.8. The standard InChI is InChI=1S/C18H23F3N8.HI/c1-22-16(28-10-12-29(13-11-28)17-25-6-3-7-26-17)27-9-8-24-15-14(18(19,20)21)4-2-5-23-15;/h2-7H,8-13H2,1H3,(H,22,27)(H,23,24);1H. The zero-order chi connectivity index (χ0) is 20.7. The number of nitrogens with one attached hydrogen (secondary N) is 2. The monoisotopic (exact) mass is 536 g/mol. The molecule has 0 amide bonds. The highest BCUT2D eigenvalue weighted by Crippen LogP contribution is 2.33. The summed E-state index contributed by atoms with van der Waals surface area (Å²) in [5.41, 5.74) is -0.774. The highest BCUT2D eigenvalue weighted by molar-refractivity contribution is 14.0. The van der Waals surface area contributed by atoms with Crippen LogP contribution in [0.15, 0.2) is 41.8 Å². The largest absolute Gasteiger partial charge is 0.419 e. The molecule has 164 valence electrons. The first-order chi connectivity index (χ1) is 14.0. The highest BCUT2D eigenvalue weighted by Gasteiger charge is 2.33. The Balaban J connectivity index is 0.00000320. The first kappa shape index (κ1) is 23.9. The fraction of sp³-hybridized carbons (Fsp3) is 0.444. The van der Waals surface area contributed by atoms with Crippen molar-refractivity contribution < 1.29 is 13.2 Å². The van der Waals surface area contributed by atoms with Gasteiger partial charge in [-0.2, -0.15) is 13.2 Å². The summed E-state index contributed by atoms with van der Waals surface area (Å²) in [6.45, 7) is 3.67. The third-order valence-corrected chi connectivity index (χ3v) is 4.44. The van der Waals surface area contributed by atoms with Crippen LogP contribution in [0, 0.1) is 0 Å². The third kappa shape index (κ3) is 6.31. The van der Waals surface area contributed by atoms with Crippen LogP contribution in [0.4, 0.5) is 24.9 Å². The minimum Gasteiger partial charge on any atom is -0.368 e. The molecule has 0 bridgehead atoms. The molecule has 2 aromatic heterocycles. The molecule has 12 heteroatoms. The van der Waals surface area contributed by atoms with E-state index in [0.717, 1.165) is 32.2 Å². The van der Waals surface area contributed by atoms with Crippen LogP contribution in [0.2, 0.25) is 0 Å². The molecule has 1 saturated heterocycles. The molecule has 0 aromatic carbocycles. The van der Waals surface area contributed by atoms with Gasteiger partial charge in [-0.25, -0.2) is 15.0 Å². The lowest BCUT2D eigenvalue weighted by Gasteiger charge is -2.36. The van der Waals surface area contributed by atoms with Gasteiger partial charge in [-0.05, 0) is 18.2 Å². The Morgan fingerprint density at radius 1 is 1.03 bits per heavy atom. The van der Waals surface area contributed by atoms with Gasteiger partial charge in [-0.15, -0.1) is 24.0 Å². The van der Waals surface area contributed by atoms with Crippen molar-refractivity contribution >= 4 is 41.7 Å². The lowest BCUT2D eigenvalue weighted by atomic mass is 10.2. The van der Waals surface area contributed by atoms with Gasteiger partial charge < -0.3 is 20.4 Å². The number of aliphatic imine (C=N–C) groups is 1. The molecule has 1 fully saturated rings. The Hall–Kier alpha value is -2.38. The number of guanidine groups is 1. The maximum atomic E-state index is 13.0. The summed E-state index contributed by atoms with van der Waals surface area (Å²) in [5.74, 6) is 1.24. The minimum atomic E-state index is -4.44. The average molecular weight is 536 g/mol. The molecule has 30 heavy (non-hydrogen) atoms. The van der Waals surface area contributed by atoms with Crippen LogP contribution in [-0.2, 0) is 6.18 Å². The summed E-state index contributed by atoms with van der Waals surface area (Å²) in [7, 11) is 1.68. The number of piperazine rings is 1. The number of alkyl halides is 3. The number of hydrogen-bond donors (Lipinski definition) is 2. The van der Waals surface area contributed by atoms with Crippen LogP contribution in [0.5, 0.6) is 0 Å². The van der Waals surface area contributed by atoms with Crippen LogP contribution in [0.25, 0.3) is 0 Å². The highest BCUT2D eigenvalue weighted by atomic mass is 127. The van der Waals surface area contributed by atoms with Crippen LogP contribution in [-0.4, -0.2) is 72.1 Å². The summed E-state index contributed by atoms with van der Waals surface area (Å²) in [6, 6.07) is 4.06.